The normalized spacial score (nSPS) is 11.2. The van der Waals surface area contributed by atoms with E-state index >= 15 is 0 Å². The van der Waals surface area contributed by atoms with E-state index < -0.39 is 5.56 Å². The Labute approximate surface area is 131 Å². The number of pyridine rings is 2. The molecule has 5 heteroatoms. The summed E-state index contributed by atoms with van der Waals surface area (Å²) in [4.78, 5) is 30.7. The summed E-state index contributed by atoms with van der Waals surface area (Å²) in [5.41, 5.74) is 1.41. The Kier molecular flexibility index (Phi) is 3.76. The Morgan fingerprint density at radius 2 is 1.96 bits per heavy atom. The Morgan fingerprint density at radius 3 is 2.70 bits per heavy atom. The molecule has 0 atom stereocenters. The molecule has 5 nitrogen and oxygen atoms in total. The van der Waals surface area contributed by atoms with Gasteiger partial charge in [-0.3, -0.25) is 9.59 Å². The molecule has 0 bridgehead atoms. The summed E-state index contributed by atoms with van der Waals surface area (Å²) in [5.74, 6) is -0.431. The average Bonchev–Trinajstić information content (AvgIpc) is 2.55. The van der Waals surface area contributed by atoms with Gasteiger partial charge >= 0.3 is 0 Å². The number of carbonyl (C=O) groups excluding carboxylic acids is 1. The molecule has 2 heterocycles. The highest BCUT2D eigenvalue weighted by Crippen LogP contribution is 2.24. The lowest BCUT2D eigenvalue weighted by Crippen LogP contribution is -2.10. The first-order chi connectivity index (χ1) is 11.1. The van der Waals surface area contributed by atoms with Crippen LogP contribution in [0.25, 0.3) is 17.1 Å². The Balaban J connectivity index is 1.99. The van der Waals surface area contributed by atoms with Crippen LogP contribution in [0.2, 0.25) is 0 Å². The highest BCUT2D eigenvalue weighted by Gasteiger charge is 2.10. The highest BCUT2D eigenvalue weighted by atomic mass is 16.3. The fourth-order valence-electron chi connectivity index (χ4n) is 2.25. The Bertz CT molecular complexity index is 970. The molecule has 114 valence electrons. The molecule has 0 fully saturated rings. The molecule has 0 aliphatic heterocycles. The predicted octanol–water partition coefficient (Wildman–Crippen LogP) is 2.83. The van der Waals surface area contributed by atoms with E-state index in [1.54, 1.807) is 24.3 Å². The molecule has 3 aromatic rings. The molecule has 0 radical (unpaired) electrons. The predicted molar refractivity (Wildman–Crippen MR) is 88.6 cm³/mol. The van der Waals surface area contributed by atoms with Gasteiger partial charge in [0, 0.05) is 11.8 Å². The van der Waals surface area contributed by atoms with E-state index in [0.717, 1.165) is 5.56 Å². The maximum atomic E-state index is 12.1. The number of nitrogens with zero attached hydrogens (tertiary/aromatic N) is 1. The van der Waals surface area contributed by atoms with Gasteiger partial charge in [0.25, 0.3) is 5.56 Å². The molecule has 2 aromatic heterocycles. The topological polar surface area (TPSA) is 83.0 Å². The number of nitrogens with one attached hydrogen (secondary N) is 1. The summed E-state index contributed by atoms with van der Waals surface area (Å²) < 4.78 is 0. The number of ketones is 1. The van der Waals surface area contributed by atoms with E-state index in [9.17, 15) is 14.7 Å². The number of aromatic nitrogens is 2. The lowest BCUT2D eigenvalue weighted by Gasteiger charge is -2.03. The molecule has 0 amide bonds. The van der Waals surface area contributed by atoms with Crippen molar-refractivity contribution in [1.29, 1.82) is 0 Å². The number of aromatic hydroxyl groups is 1. The minimum atomic E-state index is -0.498. The maximum absolute atomic E-state index is 12.1. The van der Waals surface area contributed by atoms with Gasteiger partial charge in [-0.15, -0.1) is 0 Å². The van der Waals surface area contributed by atoms with Gasteiger partial charge in [0.05, 0.1) is 10.9 Å². The number of carbonyl (C=O) groups is 1. The van der Waals surface area contributed by atoms with Crippen molar-refractivity contribution in [3.63, 3.8) is 0 Å². The lowest BCUT2D eigenvalue weighted by atomic mass is 10.1. The summed E-state index contributed by atoms with van der Waals surface area (Å²) >= 11 is 0. The second-order valence-corrected chi connectivity index (χ2v) is 5.18. The van der Waals surface area contributed by atoms with Crippen LogP contribution in [0.3, 0.4) is 0 Å². The van der Waals surface area contributed by atoms with Gasteiger partial charge in [-0.05, 0) is 31.2 Å². The molecule has 0 spiro atoms. The van der Waals surface area contributed by atoms with E-state index in [2.05, 4.69) is 9.97 Å². The van der Waals surface area contributed by atoms with Crippen LogP contribution in [0.1, 0.15) is 21.5 Å². The molecule has 0 aliphatic rings. The summed E-state index contributed by atoms with van der Waals surface area (Å²) in [6, 6.07) is 10.4. The van der Waals surface area contributed by atoms with Gasteiger partial charge < -0.3 is 10.1 Å². The minimum Gasteiger partial charge on any atom is -0.506 e. The van der Waals surface area contributed by atoms with Crippen LogP contribution >= 0.6 is 0 Å². The lowest BCUT2D eigenvalue weighted by molar-refractivity contribution is 0.104. The van der Waals surface area contributed by atoms with Crippen LogP contribution < -0.4 is 5.56 Å². The van der Waals surface area contributed by atoms with Crippen LogP contribution in [0.5, 0.6) is 5.75 Å². The number of H-pyrrole nitrogens is 1. The van der Waals surface area contributed by atoms with Crippen LogP contribution in [-0.2, 0) is 0 Å². The monoisotopic (exact) mass is 306 g/mol. The second kappa shape index (κ2) is 5.88. The molecule has 23 heavy (non-hydrogen) atoms. The maximum Gasteiger partial charge on any atom is 0.260 e. The van der Waals surface area contributed by atoms with Crippen molar-refractivity contribution in [2.75, 3.05) is 0 Å². The summed E-state index contributed by atoms with van der Waals surface area (Å²) in [7, 11) is 0. The molecule has 0 aliphatic carbocycles. The Hall–Kier alpha value is -3.21. The Morgan fingerprint density at radius 1 is 1.22 bits per heavy atom. The first kappa shape index (κ1) is 14.7. The third kappa shape index (κ3) is 2.89. The van der Waals surface area contributed by atoms with Crippen molar-refractivity contribution in [2.24, 2.45) is 0 Å². The fraction of sp³-hybridized carbons (Fsp3) is 0.0556. The largest absolute Gasteiger partial charge is 0.506 e. The summed E-state index contributed by atoms with van der Waals surface area (Å²) in [5, 5.41) is 10.7. The van der Waals surface area contributed by atoms with Crippen LogP contribution in [0, 0.1) is 6.92 Å². The van der Waals surface area contributed by atoms with E-state index in [0.29, 0.717) is 16.6 Å². The number of fused-ring (bicyclic) bond motifs is 1. The number of aromatic amines is 1. The quantitative estimate of drug-likeness (QED) is 0.576. The summed E-state index contributed by atoms with van der Waals surface area (Å²) in [6.07, 6.45) is 4.12. The van der Waals surface area contributed by atoms with Crippen molar-refractivity contribution in [3.8, 4) is 5.75 Å². The van der Waals surface area contributed by atoms with E-state index in [-0.39, 0.29) is 17.1 Å². The number of benzene rings is 1. The first-order valence-corrected chi connectivity index (χ1v) is 7.05. The summed E-state index contributed by atoms with van der Waals surface area (Å²) in [6.45, 7) is 1.94. The molecule has 1 aromatic carbocycles. The second-order valence-electron chi connectivity index (χ2n) is 5.18. The zero-order valence-corrected chi connectivity index (χ0v) is 12.4. The van der Waals surface area contributed by atoms with Crippen molar-refractivity contribution in [1.82, 2.24) is 9.97 Å². The number of rotatable bonds is 3. The number of hydrogen-bond donors (Lipinski definition) is 2. The minimum absolute atomic E-state index is 0.0333. The zero-order valence-electron chi connectivity index (χ0n) is 12.4. The first-order valence-electron chi connectivity index (χ1n) is 7.05. The van der Waals surface area contributed by atoms with E-state index in [1.165, 1.54) is 18.3 Å². The molecule has 0 saturated heterocycles. The van der Waals surface area contributed by atoms with Gasteiger partial charge in [0.2, 0.25) is 0 Å². The molecular formula is C18H14N2O3. The zero-order chi connectivity index (χ0) is 16.4. The molecule has 0 unspecified atom stereocenters. The standard InChI is InChI=1S/C18H14N2O3/c1-11-4-6-12(7-5-11)15(21)9-8-14-16(22)13-3-2-10-19-17(13)20-18(14)23/h2-10H,1H3,(H2,19,20,22,23). The van der Waals surface area contributed by atoms with Crippen LogP contribution in [-0.4, -0.2) is 20.9 Å². The van der Waals surface area contributed by atoms with Crippen molar-refractivity contribution < 1.29 is 9.90 Å². The van der Waals surface area contributed by atoms with Gasteiger partial charge in [-0.25, -0.2) is 4.98 Å². The van der Waals surface area contributed by atoms with Gasteiger partial charge in [0.15, 0.2) is 5.78 Å². The number of aryl methyl sites for hydroxylation is 1. The SMILES string of the molecule is Cc1ccc(C(=O)C=Cc2c(O)c3cccnc3[nH]c2=O)cc1. The van der Waals surface area contributed by atoms with Gasteiger partial charge in [-0.1, -0.05) is 29.8 Å². The van der Waals surface area contributed by atoms with Crippen molar-refractivity contribution in [2.45, 2.75) is 6.92 Å². The van der Waals surface area contributed by atoms with Crippen LogP contribution in [0.15, 0.2) is 53.5 Å². The van der Waals surface area contributed by atoms with E-state index in [1.807, 2.05) is 19.1 Å². The van der Waals surface area contributed by atoms with Crippen LogP contribution in [0.4, 0.5) is 0 Å². The highest BCUT2D eigenvalue weighted by molar-refractivity contribution is 6.07. The third-order valence-electron chi connectivity index (χ3n) is 3.53. The fourth-order valence-corrected chi connectivity index (χ4v) is 2.25. The average molecular weight is 306 g/mol. The number of allylic oxidation sites excluding steroid dienone is 1. The smallest absolute Gasteiger partial charge is 0.260 e. The molecule has 2 N–H and O–H groups in total. The van der Waals surface area contributed by atoms with Gasteiger partial charge in [-0.2, -0.15) is 0 Å². The number of hydrogen-bond acceptors (Lipinski definition) is 4. The third-order valence-corrected chi connectivity index (χ3v) is 3.53. The van der Waals surface area contributed by atoms with E-state index in [4.69, 9.17) is 0 Å². The van der Waals surface area contributed by atoms with Gasteiger partial charge in [0.1, 0.15) is 11.4 Å². The van der Waals surface area contributed by atoms with Crippen molar-refractivity contribution >= 4 is 22.9 Å². The van der Waals surface area contributed by atoms with Crippen molar-refractivity contribution in [3.05, 3.63) is 75.7 Å². The molecule has 0 saturated carbocycles. The molecular weight excluding hydrogens is 292 g/mol. The molecule has 3 rings (SSSR count).